The highest BCUT2D eigenvalue weighted by Gasteiger charge is 2.24. The second-order valence-corrected chi connectivity index (χ2v) is 7.88. The molecule has 1 atom stereocenters. The number of benzene rings is 2. The molecule has 0 aliphatic heterocycles. The summed E-state index contributed by atoms with van der Waals surface area (Å²) >= 11 is 1.31. The van der Waals surface area contributed by atoms with Crippen LogP contribution in [0.2, 0.25) is 0 Å². The van der Waals surface area contributed by atoms with E-state index in [2.05, 4.69) is 20.6 Å². The van der Waals surface area contributed by atoms with Crippen molar-refractivity contribution in [2.45, 2.75) is 12.5 Å². The Balaban J connectivity index is 1.60. The molecule has 0 saturated heterocycles. The fraction of sp³-hybridized carbons (Fsp3) is 0.174. The minimum Gasteiger partial charge on any atom is -0.496 e. The van der Waals surface area contributed by atoms with Gasteiger partial charge in [-0.05, 0) is 23.8 Å². The summed E-state index contributed by atoms with van der Waals surface area (Å²) in [5, 5.41) is 8.56. The number of hydrogen-bond donors (Lipinski definition) is 3. The van der Waals surface area contributed by atoms with E-state index in [-0.39, 0.29) is 5.91 Å². The predicted octanol–water partition coefficient (Wildman–Crippen LogP) is 3.62. The molecule has 3 N–H and O–H groups in total. The van der Waals surface area contributed by atoms with E-state index in [1.807, 2.05) is 30.3 Å². The molecule has 0 radical (unpaired) electrons. The topological polar surface area (TPSA) is 105 Å². The van der Waals surface area contributed by atoms with E-state index in [4.69, 9.17) is 9.47 Å². The Morgan fingerprint density at radius 1 is 1.09 bits per heavy atom. The van der Waals surface area contributed by atoms with Gasteiger partial charge < -0.3 is 25.1 Å². The van der Waals surface area contributed by atoms with Crippen molar-refractivity contribution in [3.63, 3.8) is 0 Å². The Labute approximate surface area is 188 Å². The molecule has 2 aromatic carbocycles. The van der Waals surface area contributed by atoms with E-state index in [9.17, 15) is 9.59 Å². The number of amides is 2. The van der Waals surface area contributed by atoms with E-state index in [0.717, 1.165) is 5.56 Å². The molecule has 164 valence electrons. The number of rotatable bonds is 8. The smallest absolute Gasteiger partial charge is 0.268 e. The third kappa shape index (κ3) is 4.57. The first-order valence-corrected chi connectivity index (χ1v) is 10.8. The van der Waals surface area contributed by atoms with Crippen molar-refractivity contribution in [3.05, 3.63) is 71.4 Å². The lowest BCUT2D eigenvalue weighted by Crippen LogP contribution is -2.45. The predicted molar refractivity (Wildman–Crippen MR) is 124 cm³/mol. The Morgan fingerprint density at radius 3 is 2.53 bits per heavy atom. The zero-order valence-corrected chi connectivity index (χ0v) is 18.4. The van der Waals surface area contributed by atoms with Gasteiger partial charge in [0.1, 0.15) is 23.2 Å². The molecule has 9 heteroatoms. The maximum atomic E-state index is 13.1. The molecule has 2 heterocycles. The lowest BCUT2D eigenvalue weighted by Gasteiger charge is -2.17. The average molecular weight is 451 g/mol. The van der Waals surface area contributed by atoms with E-state index < -0.39 is 11.9 Å². The number of nitrogens with zero attached hydrogens (tertiary/aromatic N) is 1. The molecule has 0 unspecified atom stereocenters. The quantitative estimate of drug-likeness (QED) is 0.380. The molecule has 2 amide bonds. The molecule has 4 aromatic rings. The van der Waals surface area contributed by atoms with Crippen LogP contribution in [0.25, 0.3) is 10.9 Å². The maximum absolute atomic E-state index is 13.1. The maximum Gasteiger partial charge on any atom is 0.268 e. The van der Waals surface area contributed by atoms with Crippen molar-refractivity contribution in [1.82, 2.24) is 15.3 Å². The standard InChI is InChI=1S/C23H22N4O4S/c1-30-18-8-9-19(31-2)20-15(18)13-17(25-20)21(28)26-16(12-14-6-4-3-5-7-14)22(29)27-23-24-10-11-32-23/h3-11,13,16,25H,12H2,1-2H3,(H,26,28)(H,24,27,29)/t16-/m1/s1. The summed E-state index contributed by atoms with van der Waals surface area (Å²) in [6.07, 6.45) is 1.94. The molecule has 4 rings (SSSR count). The minimum atomic E-state index is -0.802. The van der Waals surface area contributed by atoms with Crippen LogP contribution in [0.5, 0.6) is 11.5 Å². The van der Waals surface area contributed by atoms with E-state index >= 15 is 0 Å². The SMILES string of the molecule is COc1ccc(OC)c2[nH]c(C(=O)N[C@H](Cc3ccccc3)C(=O)Nc3nccs3)cc12. The summed E-state index contributed by atoms with van der Waals surface area (Å²) in [5.41, 5.74) is 1.86. The highest BCUT2D eigenvalue weighted by atomic mass is 32.1. The first kappa shape index (κ1) is 21.4. The zero-order chi connectivity index (χ0) is 22.5. The van der Waals surface area contributed by atoms with Gasteiger partial charge in [-0.25, -0.2) is 4.98 Å². The fourth-order valence-corrected chi connectivity index (χ4v) is 3.94. The second-order valence-electron chi connectivity index (χ2n) is 6.98. The number of ether oxygens (including phenoxy) is 2. The van der Waals surface area contributed by atoms with E-state index in [1.165, 1.54) is 11.3 Å². The van der Waals surface area contributed by atoms with Crippen molar-refractivity contribution in [2.24, 2.45) is 0 Å². The highest BCUT2D eigenvalue weighted by Crippen LogP contribution is 2.33. The molecule has 32 heavy (non-hydrogen) atoms. The minimum absolute atomic E-state index is 0.294. The highest BCUT2D eigenvalue weighted by molar-refractivity contribution is 7.13. The Morgan fingerprint density at radius 2 is 1.84 bits per heavy atom. The van der Waals surface area contributed by atoms with Crippen LogP contribution in [-0.2, 0) is 11.2 Å². The summed E-state index contributed by atoms with van der Waals surface area (Å²) in [7, 11) is 3.12. The Bertz CT molecular complexity index is 1180. The number of anilines is 1. The van der Waals surface area contributed by atoms with Gasteiger partial charge in [-0.15, -0.1) is 11.3 Å². The van der Waals surface area contributed by atoms with Crippen LogP contribution in [0.1, 0.15) is 16.1 Å². The van der Waals surface area contributed by atoms with Gasteiger partial charge in [0, 0.05) is 23.4 Å². The van der Waals surface area contributed by atoms with Crippen LogP contribution in [0.15, 0.2) is 60.1 Å². The number of fused-ring (bicyclic) bond motifs is 1. The van der Waals surface area contributed by atoms with Gasteiger partial charge in [0.2, 0.25) is 5.91 Å². The van der Waals surface area contributed by atoms with Gasteiger partial charge in [-0.3, -0.25) is 9.59 Å². The number of carbonyl (C=O) groups is 2. The number of methoxy groups -OCH3 is 2. The van der Waals surface area contributed by atoms with Crippen LogP contribution in [0, 0.1) is 0 Å². The number of aromatic nitrogens is 2. The number of hydrogen-bond acceptors (Lipinski definition) is 6. The van der Waals surface area contributed by atoms with Gasteiger partial charge in [-0.2, -0.15) is 0 Å². The van der Waals surface area contributed by atoms with Crippen molar-refractivity contribution < 1.29 is 19.1 Å². The molecule has 0 aliphatic rings. The number of carbonyl (C=O) groups excluding carboxylic acids is 2. The fourth-order valence-electron chi connectivity index (χ4n) is 3.41. The normalized spacial score (nSPS) is 11.7. The zero-order valence-electron chi connectivity index (χ0n) is 17.5. The van der Waals surface area contributed by atoms with Gasteiger partial charge in [0.15, 0.2) is 5.13 Å². The monoisotopic (exact) mass is 450 g/mol. The van der Waals surface area contributed by atoms with Crippen LogP contribution in [-0.4, -0.2) is 42.0 Å². The van der Waals surface area contributed by atoms with E-state index in [1.54, 1.807) is 44.0 Å². The van der Waals surface area contributed by atoms with Gasteiger partial charge in [0.25, 0.3) is 5.91 Å². The van der Waals surface area contributed by atoms with Crippen molar-refractivity contribution in [1.29, 1.82) is 0 Å². The average Bonchev–Trinajstić information content (AvgIpc) is 3.49. The second kappa shape index (κ2) is 9.52. The lowest BCUT2D eigenvalue weighted by molar-refractivity contribution is -0.118. The lowest BCUT2D eigenvalue weighted by atomic mass is 10.1. The molecule has 0 bridgehead atoms. The molecule has 2 aromatic heterocycles. The van der Waals surface area contributed by atoms with Gasteiger partial charge >= 0.3 is 0 Å². The van der Waals surface area contributed by atoms with Crippen LogP contribution in [0.3, 0.4) is 0 Å². The van der Waals surface area contributed by atoms with Gasteiger partial charge in [0.05, 0.1) is 19.7 Å². The summed E-state index contributed by atoms with van der Waals surface area (Å²) in [6.45, 7) is 0. The number of H-pyrrole nitrogens is 1. The molecular weight excluding hydrogens is 428 g/mol. The van der Waals surface area contributed by atoms with Crippen molar-refractivity contribution >= 4 is 39.2 Å². The largest absolute Gasteiger partial charge is 0.496 e. The first-order chi connectivity index (χ1) is 15.6. The summed E-state index contributed by atoms with van der Waals surface area (Å²) in [4.78, 5) is 33.2. The van der Waals surface area contributed by atoms with Crippen LogP contribution in [0.4, 0.5) is 5.13 Å². The summed E-state index contributed by atoms with van der Waals surface area (Å²) < 4.78 is 10.8. The molecule has 0 fully saturated rings. The summed E-state index contributed by atoms with van der Waals surface area (Å²) in [6, 6.07) is 13.9. The molecule has 0 saturated carbocycles. The number of nitrogens with one attached hydrogen (secondary N) is 3. The van der Waals surface area contributed by atoms with Gasteiger partial charge in [-0.1, -0.05) is 30.3 Å². The molecule has 0 spiro atoms. The number of thiazole rings is 1. The Kier molecular flexibility index (Phi) is 6.37. The number of aromatic amines is 1. The summed E-state index contributed by atoms with van der Waals surface area (Å²) in [5.74, 6) is 0.435. The molecular formula is C23H22N4O4S. The first-order valence-electron chi connectivity index (χ1n) is 9.88. The van der Waals surface area contributed by atoms with Crippen molar-refractivity contribution in [2.75, 3.05) is 19.5 Å². The third-order valence-electron chi connectivity index (χ3n) is 4.97. The van der Waals surface area contributed by atoms with E-state index in [0.29, 0.717) is 39.6 Å². The Hall–Kier alpha value is -3.85. The van der Waals surface area contributed by atoms with Crippen LogP contribution < -0.4 is 20.1 Å². The molecule has 0 aliphatic carbocycles. The van der Waals surface area contributed by atoms with Crippen LogP contribution >= 0.6 is 11.3 Å². The molecule has 8 nitrogen and oxygen atoms in total. The third-order valence-corrected chi connectivity index (χ3v) is 5.66. The van der Waals surface area contributed by atoms with Crippen molar-refractivity contribution in [3.8, 4) is 11.5 Å².